The molecule has 1 aromatic heterocycles. The van der Waals surface area contributed by atoms with Crippen LogP contribution in [0, 0.1) is 0 Å². The van der Waals surface area contributed by atoms with Crippen LogP contribution in [0.25, 0.3) is 10.9 Å². The number of carbonyl (C=O) groups is 1. The van der Waals surface area contributed by atoms with Crippen molar-refractivity contribution in [2.45, 2.75) is 48.2 Å². The van der Waals surface area contributed by atoms with Gasteiger partial charge in [0.05, 0.1) is 5.52 Å². The average molecular weight is 490 g/mol. The molecule has 1 aliphatic rings. The lowest BCUT2D eigenvalue weighted by Crippen LogP contribution is -2.40. The summed E-state index contributed by atoms with van der Waals surface area (Å²) in [6.45, 7) is 0. The van der Waals surface area contributed by atoms with Crippen molar-refractivity contribution < 1.29 is 18.0 Å². The number of hydrogen-bond donors (Lipinski definition) is 2. The molecule has 0 bridgehead atoms. The highest BCUT2D eigenvalue weighted by molar-refractivity contribution is 8.00. The van der Waals surface area contributed by atoms with E-state index in [4.69, 9.17) is 4.98 Å². The molecule has 4 rings (SSSR count). The Bertz CT molecular complexity index is 1150. The third-order valence-electron chi connectivity index (χ3n) is 5.75. The van der Waals surface area contributed by atoms with E-state index in [1.165, 1.54) is 24.3 Å². The number of benzene rings is 2. The number of hydrogen-bond acceptors (Lipinski definition) is 6. The average Bonchev–Trinajstić information content (AvgIpc) is 2.79. The first kappa shape index (κ1) is 24.1. The van der Waals surface area contributed by atoms with Crippen molar-refractivity contribution in [3.8, 4) is 0 Å². The van der Waals surface area contributed by atoms with Crippen LogP contribution >= 0.6 is 11.8 Å². The number of halogens is 3. The molecule has 0 aliphatic heterocycles. The molecule has 1 fully saturated rings. The third-order valence-corrected chi connectivity index (χ3v) is 6.49. The van der Waals surface area contributed by atoms with Crippen LogP contribution in [-0.2, 0) is 0 Å². The number of aromatic nitrogens is 2. The summed E-state index contributed by atoms with van der Waals surface area (Å²) in [6.07, 6.45) is 3.28. The van der Waals surface area contributed by atoms with Gasteiger partial charge in [-0.15, -0.1) is 0 Å². The summed E-state index contributed by atoms with van der Waals surface area (Å²) in [5.74, 6) is 1.17. The van der Waals surface area contributed by atoms with Crippen molar-refractivity contribution in [1.29, 1.82) is 0 Å². The van der Waals surface area contributed by atoms with Gasteiger partial charge in [-0.2, -0.15) is 18.2 Å². The Morgan fingerprint density at radius 2 is 1.62 bits per heavy atom. The first-order chi connectivity index (χ1) is 16.2. The van der Waals surface area contributed by atoms with Crippen molar-refractivity contribution in [3.63, 3.8) is 0 Å². The maximum absolute atomic E-state index is 12.5. The molecule has 180 valence electrons. The molecule has 6 nitrogen and oxygen atoms in total. The Morgan fingerprint density at radius 1 is 0.971 bits per heavy atom. The molecule has 2 N–H and O–H groups in total. The smallest absolute Gasteiger partial charge is 0.362 e. The molecule has 0 unspecified atom stereocenters. The first-order valence-electron chi connectivity index (χ1n) is 11.1. The normalized spacial score (nSPS) is 18.5. The van der Waals surface area contributed by atoms with E-state index in [1.807, 2.05) is 43.3 Å². The maximum Gasteiger partial charge on any atom is 0.446 e. The highest BCUT2D eigenvalue weighted by Crippen LogP contribution is 2.36. The van der Waals surface area contributed by atoms with Gasteiger partial charge in [-0.25, -0.2) is 4.98 Å². The molecule has 0 radical (unpaired) electrons. The second-order valence-electron chi connectivity index (χ2n) is 8.52. The van der Waals surface area contributed by atoms with Gasteiger partial charge in [0, 0.05) is 42.0 Å². The van der Waals surface area contributed by atoms with Crippen LogP contribution < -0.4 is 15.5 Å². The number of para-hydroxylation sites is 1. The van der Waals surface area contributed by atoms with Crippen LogP contribution in [0.15, 0.2) is 53.4 Å². The number of carbonyl (C=O) groups excluding carboxylic acids is 1. The second kappa shape index (κ2) is 10.1. The molecule has 34 heavy (non-hydrogen) atoms. The van der Waals surface area contributed by atoms with Gasteiger partial charge in [-0.1, -0.05) is 12.1 Å². The summed E-state index contributed by atoms with van der Waals surface area (Å²) in [5.41, 5.74) is -3.11. The van der Waals surface area contributed by atoms with E-state index < -0.39 is 5.51 Å². The lowest BCUT2D eigenvalue weighted by molar-refractivity contribution is -0.0328. The van der Waals surface area contributed by atoms with Gasteiger partial charge < -0.3 is 15.5 Å². The minimum Gasteiger partial charge on any atom is -0.362 e. The van der Waals surface area contributed by atoms with Crippen LogP contribution in [0.3, 0.4) is 0 Å². The molecule has 0 spiro atoms. The summed E-state index contributed by atoms with van der Waals surface area (Å²) in [5, 5.41) is 7.44. The molecular weight excluding hydrogens is 463 g/mol. The monoisotopic (exact) mass is 489 g/mol. The number of alkyl halides is 3. The van der Waals surface area contributed by atoms with Gasteiger partial charge in [-0.3, -0.25) is 4.79 Å². The summed E-state index contributed by atoms with van der Waals surface area (Å²) in [7, 11) is 3.91. The Labute approximate surface area is 200 Å². The molecule has 1 saturated carbocycles. The predicted molar refractivity (Wildman–Crippen MR) is 129 cm³/mol. The zero-order chi connectivity index (χ0) is 24.3. The Balaban J connectivity index is 1.32. The molecule has 10 heteroatoms. The van der Waals surface area contributed by atoms with Crippen molar-refractivity contribution in [2.24, 2.45) is 0 Å². The van der Waals surface area contributed by atoms with Crippen molar-refractivity contribution >= 4 is 40.3 Å². The van der Waals surface area contributed by atoms with E-state index in [-0.39, 0.29) is 34.6 Å². The lowest BCUT2D eigenvalue weighted by atomic mass is 9.91. The summed E-state index contributed by atoms with van der Waals surface area (Å²) in [6, 6.07) is 13.6. The molecule has 1 aliphatic carbocycles. The highest BCUT2D eigenvalue weighted by Gasteiger charge is 2.29. The third kappa shape index (κ3) is 6.11. The van der Waals surface area contributed by atoms with Crippen LogP contribution in [0.2, 0.25) is 0 Å². The number of anilines is 2. The fourth-order valence-electron chi connectivity index (χ4n) is 4.11. The van der Waals surface area contributed by atoms with Crippen molar-refractivity contribution in [2.75, 3.05) is 24.3 Å². The molecule has 2 aromatic carbocycles. The van der Waals surface area contributed by atoms with Crippen LogP contribution in [0.4, 0.5) is 24.9 Å². The number of nitrogens with one attached hydrogen (secondary N) is 2. The Hall–Kier alpha value is -3.01. The van der Waals surface area contributed by atoms with Crippen LogP contribution in [-0.4, -0.2) is 47.6 Å². The Kier molecular flexibility index (Phi) is 7.16. The lowest BCUT2D eigenvalue weighted by Gasteiger charge is -2.30. The maximum atomic E-state index is 12.5. The van der Waals surface area contributed by atoms with E-state index in [2.05, 4.69) is 15.6 Å². The van der Waals surface area contributed by atoms with Gasteiger partial charge in [-0.05, 0) is 73.8 Å². The number of nitrogens with zero attached hydrogens (tertiary/aromatic N) is 3. The fourth-order valence-corrected chi connectivity index (χ4v) is 4.65. The molecule has 0 saturated heterocycles. The van der Waals surface area contributed by atoms with E-state index in [9.17, 15) is 18.0 Å². The quantitative estimate of drug-likeness (QED) is 0.448. The molecule has 1 amide bonds. The number of thioether (sulfide) groups is 1. The number of rotatable bonds is 6. The van der Waals surface area contributed by atoms with E-state index in [0.717, 1.165) is 42.4 Å². The molecule has 1 heterocycles. The first-order valence-corrected chi connectivity index (χ1v) is 11.9. The molecular formula is C24H26F3N5OS. The largest absolute Gasteiger partial charge is 0.446 e. The second-order valence-corrected chi connectivity index (χ2v) is 9.66. The summed E-state index contributed by atoms with van der Waals surface area (Å²) >= 11 is -0.191. The van der Waals surface area contributed by atoms with Gasteiger partial charge in [0.1, 0.15) is 5.82 Å². The predicted octanol–water partition coefficient (Wildman–Crippen LogP) is 5.46. The zero-order valence-corrected chi connectivity index (χ0v) is 19.7. The molecule has 0 atom stereocenters. The van der Waals surface area contributed by atoms with Gasteiger partial charge in [0.25, 0.3) is 5.91 Å². The summed E-state index contributed by atoms with van der Waals surface area (Å²) in [4.78, 5) is 23.9. The zero-order valence-electron chi connectivity index (χ0n) is 18.9. The standard InChI is InChI=1S/C24H26F3N5OS/c1-32(2)21-19-5-3-4-6-20(19)30-23(31-21)29-17-11-9-16(10-12-17)28-22(33)15-7-13-18(14-8-15)34-24(25,26)27/h3-8,13-14,16-17H,9-12H2,1-2H3,(H,28,33)(H,29,30,31). The summed E-state index contributed by atoms with van der Waals surface area (Å²) < 4.78 is 37.4. The van der Waals surface area contributed by atoms with E-state index in [1.54, 1.807) is 0 Å². The van der Waals surface area contributed by atoms with Crippen LogP contribution in [0.1, 0.15) is 36.0 Å². The van der Waals surface area contributed by atoms with E-state index >= 15 is 0 Å². The van der Waals surface area contributed by atoms with Gasteiger partial charge in [0.2, 0.25) is 5.95 Å². The van der Waals surface area contributed by atoms with Crippen molar-refractivity contribution in [3.05, 3.63) is 54.1 Å². The minimum absolute atomic E-state index is 0.0182. The molecule has 3 aromatic rings. The highest BCUT2D eigenvalue weighted by atomic mass is 32.2. The van der Waals surface area contributed by atoms with Gasteiger partial charge >= 0.3 is 5.51 Å². The Morgan fingerprint density at radius 3 is 2.26 bits per heavy atom. The number of fused-ring (bicyclic) bond motifs is 1. The van der Waals surface area contributed by atoms with Gasteiger partial charge in [0.15, 0.2) is 0 Å². The van der Waals surface area contributed by atoms with E-state index in [0.29, 0.717) is 11.5 Å². The fraction of sp³-hybridized carbons (Fsp3) is 0.375. The number of amides is 1. The van der Waals surface area contributed by atoms with Crippen molar-refractivity contribution in [1.82, 2.24) is 15.3 Å². The van der Waals surface area contributed by atoms with Crippen LogP contribution in [0.5, 0.6) is 0 Å². The minimum atomic E-state index is -4.34. The topological polar surface area (TPSA) is 70.2 Å². The SMILES string of the molecule is CN(C)c1nc(NC2CCC(NC(=O)c3ccc(SC(F)(F)F)cc3)CC2)nc2ccccc12.